The summed E-state index contributed by atoms with van der Waals surface area (Å²) in [7, 11) is 3.45. The lowest BCUT2D eigenvalue weighted by molar-refractivity contribution is 0.398. The van der Waals surface area contributed by atoms with E-state index in [1.165, 1.54) is 0 Å². The largest absolute Gasteiger partial charge is 0.481 e. The SMILES string of the molecule is CNCC#Cc1ccc(OC)nc1. The third-order valence-electron chi connectivity index (χ3n) is 1.44. The van der Waals surface area contributed by atoms with Crippen molar-refractivity contribution >= 4 is 0 Å². The molecule has 0 atom stereocenters. The molecule has 0 aliphatic carbocycles. The standard InChI is InChI=1S/C10H12N2O/c1-11-7-3-4-9-5-6-10(13-2)12-8-9/h5-6,8,11H,7H2,1-2H3. The summed E-state index contributed by atoms with van der Waals surface area (Å²) in [6.07, 6.45) is 1.70. The van der Waals surface area contributed by atoms with Gasteiger partial charge in [-0.1, -0.05) is 11.8 Å². The van der Waals surface area contributed by atoms with Gasteiger partial charge in [0.1, 0.15) is 0 Å². The summed E-state index contributed by atoms with van der Waals surface area (Å²) in [4.78, 5) is 4.03. The summed E-state index contributed by atoms with van der Waals surface area (Å²) >= 11 is 0. The van der Waals surface area contributed by atoms with Gasteiger partial charge in [-0.05, 0) is 13.1 Å². The quantitative estimate of drug-likeness (QED) is 0.672. The Labute approximate surface area is 78.1 Å². The third-order valence-corrected chi connectivity index (χ3v) is 1.44. The van der Waals surface area contributed by atoms with Crippen molar-refractivity contribution in [1.29, 1.82) is 0 Å². The van der Waals surface area contributed by atoms with Crippen LogP contribution in [-0.4, -0.2) is 25.7 Å². The van der Waals surface area contributed by atoms with Crippen LogP contribution in [0, 0.1) is 11.8 Å². The normalized spacial score (nSPS) is 8.77. The molecule has 0 spiro atoms. The maximum atomic E-state index is 4.92. The van der Waals surface area contributed by atoms with Gasteiger partial charge in [-0.2, -0.15) is 0 Å². The van der Waals surface area contributed by atoms with Crippen molar-refractivity contribution in [3.63, 3.8) is 0 Å². The van der Waals surface area contributed by atoms with Crippen LogP contribution in [0.5, 0.6) is 5.88 Å². The van der Waals surface area contributed by atoms with Crippen LogP contribution in [0.3, 0.4) is 0 Å². The summed E-state index contributed by atoms with van der Waals surface area (Å²) in [5, 5.41) is 2.94. The van der Waals surface area contributed by atoms with Crippen molar-refractivity contribution in [3.05, 3.63) is 23.9 Å². The van der Waals surface area contributed by atoms with Crippen LogP contribution in [0.2, 0.25) is 0 Å². The van der Waals surface area contributed by atoms with Gasteiger partial charge in [0.2, 0.25) is 5.88 Å². The predicted octanol–water partition coefficient (Wildman–Crippen LogP) is 0.661. The van der Waals surface area contributed by atoms with Gasteiger partial charge in [-0.15, -0.1) is 0 Å². The lowest BCUT2D eigenvalue weighted by Crippen LogP contribution is -2.04. The molecule has 0 fully saturated rings. The summed E-state index contributed by atoms with van der Waals surface area (Å²) in [5.74, 6) is 6.52. The molecule has 1 rings (SSSR count). The topological polar surface area (TPSA) is 34.1 Å². The molecule has 0 aliphatic rings. The van der Waals surface area contributed by atoms with E-state index in [-0.39, 0.29) is 0 Å². The van der Waals surface area contributed by atoms with Crippen LogP contribution >= 0.6 is 0 Å². The van der Waals surface area contributed by atoms with Crippen LogP contribution in [0.15, 0.2) is 18.3 Å². The van der Waals surface area contributed by atoms with Gasteiger partial charge in [-0.3, -0.25) is 0 Å². The van der Waals surface area contributed by atoms with E-state index in [2.05, 4.69) is 22.1 Å². The number of ether oxygens (including phenoxy) is 1. The fourth-order valence-electron chi connectivity index (χ4n) is 0.810. The Hall–Kier alpha value is -1.53. The molecular formula is C10H12N2O. The minimum Gasteiger partial charge on any atom is -0.481 e. The fourth-order valence-corrected chi connectivity index (χ4v) is 0.810. The second kappa shape index (κ2) is 5.18. The minimum absolute atomic E-state index is 0.610. The zero-order valence-electron chi connectivity index (χ0n) is 7.79. The second-order valence-electron chi connectivity index (χ2n) is 2.42. The van der Waals surface area contributed by atoms with Crippen LogP contribution in [-0.2, 0) is 0 Å². The summed E-state index contributed by atoms with van der Waals surface area (Å²) in [6, 6.07) is 3.68. The van der Waals surface area contributed by atoms with Gasteiger partial charge in [0.05, 0.1) is 13.7 Å². The molecule has 0 unspecified atom stereocenters. The Kier molecular flexibility index (Phi) is 3.80. The van der Waals surface area contributed by atoms with Gasteiger partial charge >= 0.3 is 0 Å². The van der Waals surface area contributed by atoms with E-state index in [0.29, 0.717) is 12.4 Å². The molecule has 0 saturated carbocycles. The molecule has 0 amide bonds. The average molecular weight is 176 g/mol. The van der Waals surface area contributed by atoms with E-state index in [1.807, 2.05) is 13.1 Å². The Morgan fingerprint density at radius 1 is 1.54 bits per heavy atom. The van der Waals surface area contributed by atoms with Crippen LogP contribution in [0.1, 0.15) is 5.56 Å². The van der Waals surface area contributed by atoms with Crippen LogP contribution < -0.4 is 10.1 Å². The van der Waals surface area contributed by atoms with Crippen LogP contribution in [0.25, 0.3) is 0 Å². The lowest BCUT2D eigenvalue weighted by Gasteiger charge is -1.96. The molecular weight excluding hydrogens is 164 g/mol. The van der Waals surface area contributed by atoms with Crippen molar-refractivity contribution in [3.8, 4) is 17.7 Å². The number of rotatable bonds is 2. The fraction of sp³-hybridized carbons (Fsp3) is 0.300. The highest BCUT2D eigenvalue weighted by molar-refractivity contribution is 5.33. The second-order valence-corrected chi connectivity index (χ2v) is 2.42. The summed E-state index contributed by atoms with van der Waals surface area (Å²) in [5.41, 5.74) is 0.899. The van der Waals surface area contributed by atoms with Gasteiger partial charge in [0.15, 0.2) is 0 Å². The highest BCUT2D eigenvalue weighted by Crippen LogP contribution is 2.04. The molecule has 0 radical (unpaired) electrons. The molecule has 3 nitrogen and oxygen atoms in total. The molecule has 13 heavy (non-hydrogen) atoms. The molecule has 1 heterocycles. The molecule has 3 heteroatoms. The molecule has 1 aromatic heterocycles. The molecule has 0 aliphatic heterocycles. The minimum atomic E-state index is 0.610. The number of nitrogens with one attached hydrogen (secondary N) is 1. The van der Waals surface area contributed by atoms with E-state index < -0.39 is 0 Å². The van der Waals surface area contributed by atoms with Crippen molar-refractivity contribution < 1.29 is 4.74 Å². The molecule has 1 aromatic rings. The van der Waals surface area contributed by atoms with Gasteiger partial charge in [0.25, 0.3) is 0 Å². The Morgan fingerprint density at radius 2 is 2.38 bits per heavy atom. The highest BCUT2D eigenvalue weighted by Gasteiger charge is 1.90. The van der Waals surface area contributed by atoms with Gasteiger partial charge in [0, 0.05) is 17.8 Å². The Bertz CT molecular complexity index is 308. The van der Waals surface area contributed by atoms with E-state index in [0.717, 1.165) is 5.56 Å². The van der Waals surface area contributed by atoms with E-state index in [9.17, 15) is 0 Å². The summed E-state index contributed by atoms with van der Waals surface area (Å²) in [6.45, 7) is 0.687. The molecule has 68 valence electrons. The zero-order valence-corrected chi connectivity index (χ0v) is 7.79. The van der Waals surface area contributed by atoms with Crippen molar-refractivity contribution in [1.82, 2.24) is 10.3 Å². The number of methoxy groups -OCH3 is 1. The van der Waals surface area contributed by atoms with Crippen molar-refractivity contribution in [2.45, 2.75) is 0 Å². The number of pyridine rings is 1. The zero-order chi connectivity index (χ0) is 9.52. The van der Waals surface area contributed by atoms with E-state index in [1.54, 1.807) is 19.4 Å². The number of aromatic nitrogens is 1. The van der Waals surface area contributed by atoms with E-state index >= 15 is 0 Å². The lowest BCUT2D eigenvalue weighted by atomic mass is 10.3. The third kappa shape index (κ3) is 3.14. The first kappa shape index (κ1) is 9.56. The first-order valence-corrected chi connectivity index (χ1v) is 4.00. The molecule has 0 aromatic carbocycles. The van der Waals surface area contributed by atoms with Crippen molar-refractivity contribution in [2.75, 3.05) is 20.7 Å². The van der Waals surface area contributed by atoms with Gasteiger partial charge < -0.3 is 10.1 Å². The maximum absolute atomic E-state index is 4.92. The van der Waals surface area contributed by atoms with Gasteiger partial charge in [-0.25, -0.2) is 4.98 Å². The van der Waals surface area contributed by atoms with E-state index in [4.69, 9.17) is 4.74 Å². The monoisotopic (exact) mass is 176 g/mol. The molecule has 0 saturated heterocycles. The summed E-state index contributed by atoms with van der Waals surface area (Å²) < 4.78 is 4.92. The number of hydrogen-bond acceptors (Lipinski definition) is 3. The smallest absolute Gasteiger partial charge is 0.212 e. The maximum Gasteiger partial charge on any atom is 0.212 e. The first-order chi connectivity index (χ1) is 6.36. The predicted molar refractivity (Wildman–Crippen MR) is 51.6 cm³/mol. The van der Waals surface area contributed by atoms with Crippen molar-refractivity contribution in [2.24, 2.45) is 0 Å². The first-order valence-electron chi connectivity index (χ1n) is 4.00. The highest BCUT2D eigenvalue weighted by atomic mass is 16.5. The number of nitrogens with zero attached hydrogens (tertiary/aromatic N) is 1. The molecule has 0 bridgehead atoms. The Balaban J connectivity index is 2.65. The Morgan fingerprint density at radius 3 is 2.92 bits per heavy atom. The average Bonchev–Trinajstić information content (AvgIpc) is 2.19. The molecule has 1 N–H and O–H groups in total. The number of hydrogen-bond donors (Lipinski definition) is 1. The van der Waals surface area contributed by atoms with Crippen LogP contribution in [0.4, 0.5) is 0 Å².